The average Bonchev–Trinajstić information content (AvgIpc) is 3.53. The molecule has 0 saturated heterocycles. The monoisotopic (exact) mass is 450 g/mol. The van der Waals surface area contributed by atoms with Gasteiger partial charge in [0.2, 0.25) is 0 Å². The normalized spacial score (nSPS) is 14.2. The van der Waals surface area contributed by atoms with Crippen molar-refractivity contribution in [2.45, 2.75) is 19.3 Å². The van der Waals surface area contributed by atoms with Gasteiger partial charge in [-0.1, -0.05) is 92.7 Å². The van der Waals surface area contributed by atoms with Crippen molar-refractivity contribution in [3.8, 4) is 17.1 Å². The van der Waals surface area contributed by atoms with Crippen LogP contribution in [0.2, 0.25) is 0 Å². The van der Waals surface area contributed by atoms with E-state index in [0.29, 0.717) is 6.01 Å². The number of hydrogen-bond acceptors (Lipinski definition) is 2. The van der Waals surface area contributed by atoms with Crippen LogP contribution in [0.25, 0.3) is 60.8 Å². The van der Waals surface area contributed by atoms with E-state index in [0.717, 1.165) is 22.1 Å². The van der Waals surface area contributed by atoms with Crippen LogP contribution < -0.4 is 0 Å². The van der Waals surface area contributed by atoms with E-state index in [1.54, 1.807) is 0 Å². The van der Waals surface area contributed by atoms with E-state index in [2.05, 4.69) is 91.2 Å². The second-order valence-electron chi connectivity index (χ2n) is 10.0. The van der Waals surface area contributed by atoms with Gasteiger partial charge in [0.25, 0.3) is 0 Å². The minimum absolute atomic E-state index is 0.123. The predicted molar refractivity (Wildman–Crippen MR) is 143 cm³/mol. The number of oxazole rings is 1. The zero-order valence-corrected chi connectivity index (χ0v) is 19.5. The summed E-state index contributed by atoms with van der Waals surface area (Å²) in [5.41, 5.74) is 9.21. The average molecular weight is 451 g/mol. The van der Waals surface area contributed by atoms with Gasteiger partial charge in [0.15, 0.2) is 5.58 Å². The van der Waals surface area contributed by atoms with Crippen LogP contribution in [0.1, 0.15) is 25.0 Å². The lowest BCUT2D eigenvalue weighted by Gasteiger charge is -2.23. The first-order chi connectivity index (χ1) is 17.1. The van der Waals surface area contributed by atoms with E-state index in [-0.39, 0.29) is 5.41 Å². The molecular formula is C32H22N2O. The van der Waals surface area contributed by atoms with Crippen molar-refractivity contribution in [3.05, 3.63) is 108 Å². The number of aromatic nitrogens is 2. The first-order valence-corrected chi connectivity index (χ1v) is 12.1. The smallest absolute Gasteiger partial charge is 0.307 e. The summed E-state index contributed by atoms with van der Waals surface area (Å²) in [5, 5.41) is 4.94. The van der Waals surface area contributed by atoms with E-state index in [1.165, 1.54) is 43.8 Å². The van der Waals surface area contributed by atoms with Gasteiger partial charge < -0.3 is 4.42 Å². The summed E-state index contributed by atoms with van der Waals surface area (Å²) in [6.45, 7) is 4.70. The molecule has 7 aromatic rings. The molecule has 8 rings (SSSR count). The van der Waals surface area contributed by atoms with Gasteiger partial charge in [0, 0.05) is 21.6 Å². The van der Waals surface area contributed by atoms with Gasteiger partial charge in [0.05, 0.1) is 11.0 Å². The zero-order chi connectivity index (χ0) is 23.3. The molecule has 1 aliphatic carbocycles. The van der Waals surface area contributed by atoms with Gasteiger partial charge in [-0.15, -0.1) is 0 Å². The Balaban J connectivity index is 1.62. The molecule has 1 aliphatic rings. The van der Waals surface area contributed by atoms with Crippen molar-refractivity contribution < 1.29 is 4.42 Å². The Hall–Kier alpha value is -4.37. The topological polar surface area (TPSA) is 31.0 Å². The molecular weight excluding hydrogens is 428 g/mol. The third kappa shape index (κ3) is 2.33. The van der Waals surface area contributed by atoms with Crippen LogP contribution in [0.5, 0.6) is 0 Å². The highest BCUT2D eigenvalue weighted by Crippen LogP contribution is 2.53. The van der Waals surface area contributed by atoms with Crippen molar-refractivity contribution in [3.63, 3.8) is 0 Å². The van der Waals surface area contributed by atoms with Crippen molar-refractivity contribution >= 4 is 43.7 Å². The Labute approximate surface area is 202 Å². The van der Waals surface area contributed by atoms with Crippen molar-refractivity contribution in [2.24, 2.45) is 0 Å². The van der Waals surface area contributed by atoms with Crippen LogP contribution in [-0.2, 0) is 5.41 Å². The maximum absolute atomic E-state index is 6.36. The number of hydrogen-bond donors (Lipinski definition) is 0. The summed E-state index contributed by atoms with van der Waals surface area (Å²) in [4.78, 5) is 4.93. The molecule has 0 fully saturated rings. The van der Waals surface area contributed by atoms with Crippen LogP contribution in [-0.4, -0.2) is 9.55 Å². The van der Waals surface area contributed by atoms with Gasteiger partial charge in [-0.25, -0.2) is 0 Å². The fourth-order valence-corrected chi connectivity index (χ4v) is 6.29. The summed E-state index contributed by atoms with van der Waals surface area (Å²) >= 11 is 0. The Morgan fingerprint density at radius 3 is 2.40 bits per heavy atom. The molecule has 5 aromatic carbocycles. The van der Waals surface area contributed by atoms with Crippen molar-refractivity contribution in [1.82, 2.24) is 9.55 Å². The van der Waals surface area contributed by atoms with Gasteiger partial charge in [-0.2, -0.15) is 4.98 Å². The quantitative estimate of drug-likeness (QED) is 0.251. The highest BCUT2D eigenvalue weighted by atomic mass is 16.4. The Bertz CT molecular complexity index is 1950. The number of benzene rings is 5. The van der Waals surface area contributed by atoms with Gasteiger partial charge in [-0.3, -0.25) is 4.57 Å². The number of nitrogens with zero attached hydrogens (tertiary/aromatic N) is 2. The van der Waals surface area contributed by atoms with Crippen molar-refractivity contribution in [1.29, 1.82) is 0 Å². The lowest BCUT2D eigenvalue weighted by atomic mass is 9.80. The summed E-state index contributed by atoms with van der Waals surface area (Å²) in [6, 6.07) is 35.1. The van der Waals surface area contributed by atoms with Gasteiger partial charge >= 0.3 is 6.01 Å². The SMILES string of the molecule is CC1(C)c2ccccc2-c2ccc3ccc4c5ccccc5n(-c5nc6ccccc6o5)c4c3c21. The molecule has 35 heavy (non-hydrogen) atoms. The molecule has 166 valence electrons. The molecule has 0 unspecified atom stereocenters. The third-order valence-corrected chi connectivity index (χ3v) is 7.81. The molecule has 0 aliphatic heterocycles. The number of fused-ring (bicyclic) bond motifs is 10. The molecule has 0 spiro atoms. The highest BCUT2D eigenvalue weighted by molar-refractivity contribution is 6.20. The fraction of sp³-hybridized carbons (Fsp3) is 0.0938. The molecule has 2 heterocycles. The standard InChI is InChI=1S/C32H22N2O/c1-32(2)24-11-5-3-9-20(24)22-17-15-19-16-18-23-21-10-4-7-13-26(21)34(30(23)28(19)29(22)32)31-33-25-12-6-8-14-27(25)35-31/h3-18H,1-2H3. The summed E-state index contributed by atoms with van der Waals surface area (Å²) in [6.07, 6.45) is 0. The molecule has 0 radical (unpaired) electrons. The molecule has 0 bridgehead atoms. The first-order valence-electron chi connectivity index (χ1n) is 12.1. The Morgan fingerprint density at radius 2 is 1.49 bits per heavy atom. The van der Waals surface area contributed by atoms with E-state index < -0.39 is 0 Å². The lowest BCUT2D eigenvalue weighted by molar-refractivity contribution is 0.574. The first kappa shape index (κ1) is 19.0. The van der Waals surface area contributed by atoms with Crippen LogP contribution in [0.4, 0.5) is 0 Å². The summed E-state index contributed by atoms with van der Waals surface area (Å²) < 4.78 is 8.59. The number of para-hydroxylation sites is 3. The lowest BCUT2D eigenvalue weighted by Crippen LogP contribution is -2.15. The van der Waals surface area contributed by atoms with Crippen LogP contribution in [0.3, 0.4) is 0 Å². The third-order valence-electron chi connectivity index (χ3n) is 7.81. The second kappa shape index (κ2) is 6.39. The van der Waals surface area contributed by atoms with Crippen LogP contribution >= 0.6 is 0 Å². The summed E-state index contributed by atoms with van der Waals surface area (Å²) in [5.74, 6) is 0. The Kier molecular flexibility index (Phi) is 3.47. The zero-order valence-electron chi connectivity index (χ0n) is 19.5. The maximum Gasteiger partial charge on any atom is 0.307 e. The maximum atomic E-state index is 6.36. The molecule has 0 N–H and O–H groups in total. The molecule has 3 nitrogen and oxygen atoms in total. The van der Waals surface area contributed by atoms with E-state index in [1.807, 2.05) is 24.3 Å². The van der Waals surface area contributed by atoms with Crippen LogP contribution in [0, 0.1) is 0 Å². The van der Waals surface area contributed by atoms with Gasteiger partial charge in [-0.05, 0) is 45.8 Å². The highest BCUT2D eigenvalue weighted by Gasteiger charge is 2.37. The molecule has 0 saturated carbocycles. The Morgan fingerprint density at radius 1 is 0.714 bits per heavy atom. The van der Waals surface area contributed by atoms with E-state index in [4.69, 9.17) is 9.40 Å². The second-order valence-corrected chi connectivity index (χ2v) is 10.0. The minimum Gasteiger partial charge on any atom is -0.423 e. The largest absolute Gasteiger partial charge is 0.423 e. The van der Waals surface area contributed by atoms with Crippen molar-refractivity contribution in [2.75, 3.05) is 0 Å². The molecule has 3 heteroatoms. The van der Waals surface area contributed by atoms with Gasteiger partial charge in [0.1, 0.15) is 5.52 Å². The summed E-state index contributed by atoms with van der Waals surface area (Å²) in [7, 11) is 0. The van der Waals surface area contributed by atoms with Crippen LogP contribution in [0.15, 0.2) is 101 Å². The minimum atomic E-state index is -0.123. The molecule has 2 aromatic heterocycles. The predicted octanol–water partition coefficient (Wildman–Crippen LogP) is 8.38. The van der Waals surface area contributed by atoms with E-state index in [9.17, 15) is 0 Å². The van der Waals surface area contributed by atoms with E-state index >= 15 is 0 Å². The molecule has 0 atom stereocenters. The molecule has 0 amide bonds. The number of rotatable bonds is 1. The fourth-order valence-electron chi connectivity index (χ4n) is 6.29.